The van der Waals surface area contributed by atoms with Crippen LogP contribution in [0.2, 0.25) is 0 Å². The highest BCUT2D eigenvalue weighted by molar-refractivity contribution is 5.84. The van der Waals surface area contributed by atoms with E-state index in [1.54, 1.807) is 13.0 Å². The van der Waals surface area contributed by atoms with Gasteiger partial charge in [0.1, 0.15) is 5.75 Å². The van der Waals surface area contributed by atoms with Crippen molar-refractivity contribution in [3.8, 4) is 5.75 Å². The van der Waals surface area contributed by atoms with E-state index < -0.39 is 12.0 Å². The predicted molar refractivity (Wildman–Crippen MR) is 72.6 cm³/mol. The molecule has 0 N–H and O–H groups in total. The summed E-state index contributed by atoms with van der Waals surface area (Å²) in [4.78, 5) is 21.9. The van der Waals surface area contributed by atoms with Crippen LogP contribution in [0.1, 0.15) is 6.92 Å². The molecule has 2 aromatic carbocycles. The molecule has 1 atom stereocenters. The van der Waals surface area contributed by atoms with Crippen LogP contribution in [0.4, 0.5) is 0 Å². The number of rotatable bonds is 4. The molecule has 0 saturated heterocycles. The zero-order valence-corrected chi connectivity index (χ0v) is 10.7. The molecule has 0 aliphatic carbocycles. The summed E-state index contributed by atoms with van der Waals surface area (Å²) in [5, 5.41) is 5.41. The molecule has 19 heavy (non-hydrogen) atoms. The number of nitrogens with zero attached hydrogens (tertiary/aromatic N) is 2. The summed E-state index contributed by atoms with van der Waals surface area (Å²) in [6, 6.07) is 13.4. The van der Waals surface area contributed by atoms with Crippen molar-refractivity contribution in [3.63, 3.8) is 0 Å². The lowest BCUT2D eigenvalue weighted by Gasteiger charge is -2.16. The lowest BCUT2D eigenvalue weighted by atomic mass is 10.1. The van der Waals surface area contributed by atoms with Gasteiger partial charge in [-0.05, 0) is 29.8 Å². The summed E-state index contributed by atoms with van der Waals surface area (Å²) in [7, 11) is 1.30. The van der Waals surface area contributed by atoms with Crippen LogP contribution < -0.4 is 4.74 Å². The molecule has 2 aromatic rings. The Balaban J connectivity index is 2.17. The van der Waals surface area contributed by atoms with Crippen LogP contribution in [0.3, 0.4) is 0 Å². The molecule has 0 heterocycles. The third kappa shape index (κ3) is 2.88. The Morgan fingerprint density at radius 3 is 2.58 bits per heavy atom. The molecule has 5 heteroatoms. The third-order valence-corrected chi connectivity index (χ3v) is 2.82. The van der Waals surface area contributed by atoms with E-state index in [0.717, 1.165) is 15.8 Å². The number of carbonyl (C=O) groups is 1. The van der Waals surface area contributed by atoms with E-state index in [1.807, 2.05) is 36.4 Å². The second-order valence-electron chi connectivity index (χ2n) is 4.21. The maximum Gasteiger partial charge on any atom is 0.285 e. The molecule has 0 spiro atoms. The van der Waals surface area contributed by atoms with Crippen LogP contribution in [0, 0.1) is 4.91 Å². The van der Waals surface area contributed by atoms with Crippen molar-refractivity contribution in [3.05, 3.63) is 47.4 Å². The molecule has 98 valence electrons. The zero-order chi connectivity index (χ0) is 13.8. The Labute approximate surface area is 110 Å². The highest BCUT2D eigenvalue weighted by Gasteiger charge is 2.19. The monoisotopic (exact) mass is 258 g/mol. The summed E-state index contributed by atoms with van der Waals surface area (Å²) >= 11 is 0. The molecule has 0 aliphatic heterocycles. The van der Waals surface area contributed by atoms with Gasteiger partial charge >= 0.3 is 0 Å². The second-order valence-corrected chi connectivity index (χ2v) is 4.21. The van der Waals surface area contributed by atoms with Gasteiger partial charge < -0.3 is 4.74 Å². The normalized spacial score (nSPS) is 11.9. The van der Waals surface area contributed by atoms with E-state index in [4.69, 9.17) is 4.74 Å². The molecule has 0 aromatic heterocycles. The number of likely N-dealkylation sites (N-methyl/N-ethyl adjacent to an activating group) is 1. The van der Waals surface area contributed by atoms with Crippen molar-refractivity contribution in [1.82, 2.24) is 5.01 Å². The molecule has 0 aliphatic rings. The van der Waals surface area contributed by atoms with E-state index in [0.29, 0.717) is 5.75 Å². The Hall–Kier alpha value is -2.43. The van der Waals surface area contributed by atoms with E-state index >= 15 is 0 Å². The largest absolute Gasteiger partial charge is 0.481 e. The molecule has 5 nitrogen and oxygen atoms in total. The standard InChI is InChI=1S/C14H14N2O3/c1-10(14(17)16(2)15-18)19-13-8-7-11-5-3-4-6-12(11)9-13/h3-10H,1-2H3/t10-/m0/s1. The smallest absolute Gasteiger partial charge is 0.285 e. The van der Waals surface area contributed by atoms with Gasteiger partial charge in [-0.3, -0.25) is 4.79 Å². The fourth-order valence-corrected chi connectivity index (χ4v) is 1.80. The van der Waals surface area contributed by atoms with Gasteiger partial charge in [0.25, 0.3) is 5.91 Å². The average Bonchev–Trinajstić information content (AvgIpc) is 2.45. The Morgan fingerprint density at radius 1 is 1.21 bits per heavy atom. The molecule has 0 unspecified atom stereocenters. The molecule has 0 saturated carbocycles. The topological polar surface area (TPSA) is 59.0 Å². The number of carbonyl (C=O) groups excluding carboxylic acids is 1. The Morgan fingerprint density at radius 2 is 1.89 bits per heavy atom. The number of ether oxygens (including phenoxy) is 1. The van der Waals surface area contributed by atoms with Crippen molar-refractivity contribution in [2.24, 2.45) is 5.29 Å². The van der Waals surface area contributed by atoms with Crippen molar-refractivity contribution in [1.29, 1.82) is 0 Å². The average molecular weight is 258 g/mol. The van der Waals surface area contributed by atoms with Crippen molar-refractivity contribution in [2.75, 3.05) is 7.05 Å². The molecule has 0 radical (unpaired) electrons. The zero-order valence-electron chi connectivity index (χ0n) is 10.7. The third-order valence-electron chi connectivity index (χ3n) is 2.82. The van der Waals surface area contributed by atoms with Crippen LogP contribution in [0.15, 0.2) is 47.8 Å². The summed E-state index contributed by atoms with van der Waals surface area (Å²) in [6.45, 7) is 1.58. The van der Waals surface area contributed by atoms with Crippen LogP contribution in [0.5, 0.6) is 5.75 Å². The van der Waals surface area contributed by atoms with E-state index in [9.17, 15) is 9.70 Å². The maximum atomic E-state index is 11.6. The number of fused-ring (bicyclic) bond motifs is 1. The van der Waals surface area contributed by atoms with Crippen LogP contribution in [-0.2, 0) is 4.79 Å². The highest BCUT2D eigenvalue weighted by Crippen LogP contribution is 2.21. The van der Waals surface area contributed by atoms with Gasteiger partial charge in [-0.25, -0.2) is 0 Å². The summed E-state index contributed by atoms with van der Waals surface area (Å²) in [5.41, 5.74) is 0. The number of benzene rings is 2. The minimum Gasteiger partial charge on any atom is -0.481 e. The van der Waals surface area contributed by atoms with Gasteiger partial charge in [-0.15, -0.1) is 4.91 Å². The molecule has 1 amide bonds. The van der Waals surface area contributed by atoms with Crippen molar-refractivity contribution in [2.45, 2.75) is 13.0 Å². The first kappa shape index (κ1) is 13.0. The predicted octanol–water partition coefficient (Wildman–Crippen LogP) is 2.75. The molecular formula is C14H14N2O3. The van der Waals surface area contributed by atoms with Gasteiger partial charge in [0.15, 0.2) is 6.10 Å². The highest BCUT2D eigenvalue weighted by atomic mass is 16.5. The van der Waals surface area contributed by atoms with E-state index in [2.05, 4.69) is 5.29 Å². The van der Waals surface area contributed by atoms with Gasteiger partial charge in [0.05, 0.1) is 5.29 Å². The van der Waals surface area contributed by atoms with Gasteiger partial charge in [-0.1, -0.05) is 30.3 Å². The number of amides is 1. The first-order chi connectivity index (χ1) is 9.11. The van der Waals surface area contributed by atoms with Crippen molar-refractivity contribution < 1.29 is 9.53 Å². The Bertz CT molecular complexity index is 612. The van der Waals surface area contributed by atoms with Crippen LogP contribution >= 0.6 is 0 Å². The number of nitroso groups, excluding NO2 is 1. The molecular weight excluding hydrogens is 244 g/mol. The van der Waals surface area contributed by atoms with Crippen molar-refractivity contribution >= 4 is 16.7 Å². The maximum absolute atomic E-state index is 11.6. The first-order valence-corrected chi connectivity index (χ1v) is 5.88. The minimum atomic E-state index is -0.760. The summed E-state index contributed by atoms with van der Waals surface area (Å²) in [5.74, 6) is 0.0991. The molecule has 0 bridgehead atoms. The summed E-state index contributed by atoms with van der Waals surface area (Å²) in [6.07, 6.45) is -0.760. The van der Waals surface area contributed by atoms with Gasteiger partial charge in [-0.2, -0.15) is 5.01 Å². The Kier molecular flexibility index (Phi) is 3.75. The fraction of sp³-hybridized carbons (Fsp3) is 0.214. The summed E-state index contributed by atoms with van der Waals surface area (Å²) < 4.78 is 5.52. The van der Waals surface area contributed by atoms with Gasteiger partial charge in [0, 0.05) is 7.05 Å². The van der Waals surface area contributed by atoms with E-state index in [1.165, 1.54) is 7.05 Å². The van der Waals surface area contributed by atoms with Crippen LogP contribution in [-0.4, -0.2) is 24.1 Å². The molecule has 0 fully saturated rings. The second kappa shape index (κ2) is 5.48. The van der Waals surface area contributed by atoms with Crippen LogP contribution in [0.25, 0.3) is 10.8 Å². The lowest BCUT2D eigenvalue weighted by molar-refractivity contribution is -0.136. The first-order valence-electron chi connectivity index (χ1n) is 5.88. The molecule has 2 rings (SSSR count). The quantitative estimate of drug-likeness (QED) is 0.625. The SMILES string of the molecule is C[C@H](Oc1ccc2ccccc2c1)C(=O)N(C)N=O. The number of hydrogen-bond acceptors (Lipinski definition) is 4. The minimum absolute atomic E-state index is 0.483. The van der Waals surface area contributed by atoms with Gasteiger partial charge in [0.2, 0.25) is 0 Å². The lowest BCUT2D eigenvalue weighted by Crippen LogP contribution is -2.34. The number of hydrogen-bond donors (Lipinski definition) is 0. The fourth-order valence-electron chi connectivity index (χ4n) is 1.80. The van der Waals surface area contributed by atoms with E-state index in [-0.39, 0.29) is 0 Å².